The summed E-state index contributed by atoms with van der Waals surface area (Å²) < 4.78 is 37.6. The van der Waals surface area contributed by atoms with E-state index in [-0.39, 0.29) is 31.3 Å². The summed E-state index contributed by atoms with van der Waals surface area (Å²) in [7, 11) is -4.86. The summed E-state index contributed by atoms with van der Waals surface area (Å²) in [5.41, 5.74) is -1.45. The van der Waals surface area contributed by atoms with Gasteiger partial charge in [0, 0.05) is 24.8 Å². The van der Waals surface area contributed by atoms with Gasteiger partial charge in [-0.25, -0.2) is 4.79 Å². The number of alkyl carbamates (subject to hydrolysis) is 1. The van der Waals surface area contributed by atoms with E-state index in [9.17, 15) is 32.5 Å². The summed E-state index contributed by atoms with van der Waals surface area (Å²) >= 11 is 0. The molecule has 0 radical (unpaired) electrons. The summed E-state index contributed by atoms with van der Waals surface area (Å²) in [5, 5.41) is 15.3. The number of ether oxygens (including phenoxy) is 1. The van der Waals surface area contributed by atoms with E-state index in [2.05, 4.69) is 10.6 Å². The lowest BCUT2D eigenvalue weighted by Gasteiger charge is -2.25. The largest absolute Gasteiger partial charge is 0.445 e. The van der Waals surface area contributed by atoms with Gasteiger partial charge in [-0.3, -0.25) is 14.1 Å². The Kier molecular flexibility index (Phi) is 9.81. The van der Waals surface area contributed by atoms with Gasteiger partial charge in [0.05, 0.1) is 6.04 Å². The van der Waals surface area contributed by atoms with Crippen LogP contribution in [0.5, 0.6) is 0 Å². The molecule has 1 saturated heterocycles. The number of Topliss-reactive ketones (excluding diaryl/α,β-unsaturated/α-hetero) is 1. The molecule has 10 nitrogen and oxygen atoms in total. The Morgan fingerprint density at radius 1 is 1.24 bits per heavy atom. The molecule has 0 aliphatic carbocycles. The highest BCUT2D eigenvalue weighted by molar-refractivity contribution is 7.86. The van der Waals surface area contributed by atoms with Crippen LogP contribution in [-0.4, -0.2) is 53.9 Å². The van der Waals surface area contributed by atoms with Gasteiger partial charge in [-0.15, -0.1) is 0 Å². The van der Waals surface area contributed by atoms with Gasteiger partial charge in [-0.05, 0) is 30.7 Å². The quantitative estimate of drug-likeness (QED) is 0.326. The van der Waals surface area contributed by atoms with Crippen molar-refractivity contribution in [2.24, 2.45) is 17.8 Å². The van der Waals surface area contributed by atoms with E-state index in [0.717, 1.165) is 5.56 Å². The number of carbonyl (C=O) groups excluding carboxylic acids is 3. The minimum absolute atomic E-state index is 0.0101. The highest BCUT2D eigenvalue weighted by atomic mass is 32.2. The molecule has 0 spiro atoms. The summed E-state index contributed by atoms with van der Waals surface area (Å²) in [5.74, 6) is -2.59. The third kappa shape index (κ3) is 8.75. The SMILES string of the molecule is CC(C)C[C@H](NC(=O)OCc1ccccc1)C(=O)C[C@@H](C[C@@H]1CCNC1=O)C(O)S(=O)(=O)O. The van der Waals surface area contributed by atoms with E-state index in [1.807, 2.05) is 19.9 Å². The summed E-state index contributed by atoms with van der Waals surface area (Å²) in [6.07, 6.45) is -0.647. The van der Waals surface area contributed by atoms with E-state index in [1.54, 1.807) is 24.3 Å². The first kappa shape index (κ1) is 26.7. The van der Waals surface area contributed by atoms with Crippen LogP contribution in [0.2, 0.25) is 0 Å². The zero-order chi connectivity index (χ0) is 24.6. The Hall–Kier alpha value is -2.50. The molecule has 33 heavy (non-hydrogen) atoms. The second-order valence-electron chi connectivity index (χ2n) is 8.74. The molecule has 0 bridgehead atoms. The van der Waals surface area contributed by atoms with Crippen molar-refractivity contribution in [2.75, 3.05) is 6.54 Å². The van der Waals surface area contributed by atoms with Gasteiger partial charge in [0.2, 0.25) is 5.91 Å². The van der Waals surface area contributed by atoms with E-state index < -0.39 is 51.7 Å². The molecule has 184 valence electrons. The number of hydrogen-bond donors (Lipinski definition) is 4. The molecule has 1 unspecified atom stereocenters. The van der Waals surface area contributed by atoms with Crippen molar-refractivity contribution >= 4 is 27.9 Å². The number of nitrogens with one attached hydrogen (secondary N) is 2. The number of hydrogen-bond acceptors (Lipinski definition) is 7. The molecule has 1 aromatic carbocycles. The first-order valence-electron chi connectivity index (χ1n) is 10.9. The van der Waals surface area contributed by atoms with Crippen LogP contribution >= 0.6 is 0 Å². The lowest BCUT2D eigenvalue weighted by Crippen LogP contribution is -2.44. The normalized spacial score (nSPS) is 18.9. The fraction of sp³-hybridized carbons (Fsp3) is 0.591. The van der Waals surface area contributed by atoms with Crippen molar-refractivity contribution in [3.05, 3.63) is 35.9 Å². The number of aliphatic hydroxyl groups excluding tert-OH is 1. The van der Waals surface area contributed by atoms with Crippen molar-refractivity contribution in [2.45, 2.75) is 57.6 Å². The molecule has 1 aliphatic rings. The average Bonchev–Trinajstić information content (AvgIpc) is 3.14. The molecule has 1 aromatic rings. The molecule has 1 heterocycles. The third-order valence-corrected chi connectivity index (χ3v) is 6.52. The maximum atomic E-state index is 13.0. The summed E-state index contributed by atoms with van der Waals surface area (Å²) in [6, 6.07) is 8.00. The fourth-order valence-corrected chi connectivity index (χ4v) is 4.52. The standard InChI is InChI=1S/C22H32N2O8S/c1-14(2)10-18(24-22(28)32-13-15-6-4-3-5-7-15)19(25)12-17(21(27)33(29,30)31)11-16-8-9-23-20(16)26/h3-7,14,16-18,21,27H,8-13H2,1-2H3,(H,23,26)(H,24,28)(H,29,30,31)/t16-,17+,18-,21?/m0/s1. The Morgan fingerprint density at radius 2 is 1.91 bits per heavy atom. The molecule has 4 atom stereocenters. The first-order valence-corrected chi connectivity index (χ1v) is 12.4. The van der Waals surface area contributed by atoms with Crippen LogP contribution < -0.4 is 10.6 Å². The predicted octanol–water partition coefficient (Wildman–Crippen LogP) is 1.64. The molecular formula is C22H32N2O8S. The molecule has 0 aromatic heterocycles. The number of carbonyl (C=O) groups is 3. The van der Waals surface area contributed by atoms with Crippen LogP contribution in [0.4, 0.5) is 4.79 Å². The second-order valence-corrected chi connectivity index (χ2v) is 10.2. The number of ketones is 1. The third-order valence-electron chi connectivity index (χ3n) is 5.52. The predicted molar refractivity (Wildman–Crippen MR) is 119 cm³/mol. The topological polar surface area (TPSA) is 159 Å². The lowest BCUT2D eigenvalue weighted by molar-refractivity contribution is -0.125. The van der Waals surface area contributed by atoms with Crippen LogP contribution in [-0.2, 0) is 31.1 Å². The van der Waals surface area contributed by atoms with Gasteiger partial charge < -0.3 is 20.5 Å². The van der Waals surface area contributed by atoms with E-state index in [4.69, 9.17) is 4.74 Å². The molecule has 0 saturated carbocycles. The van der Waals surface area contributed by atoms with E-state index >= 15 is 0 Å². The minimum atomic E-state index is -4.86. The van der Waals surface area contributed by atoms with Crippen LogP contribution in [0, 0.1) is 17.8 Å². The average molecular weight is 485 g/mol. The number of amides is 2. The van der Waals surface area contributed by atoms with Gasteiger partial charge in [-0.2, -0.15) is 8.42 Å². The zero-order valence-electron chi connectivity index (χ0n) is 18.8. The van der Waals surface area contributed by atoms with Crippen molar-refractivity contribution < 1.29 is 37.2 Å². The van der Waals surface area contributed by atoms with Crippen LogP contribution in [0.1, 0.15) is 45.1 Å². The monoisotopic (exact) mass is 484 g/mol. The molecular weight excluding hydrogens is 452 g/mol. The van der Waals surface area contributed by atoms with Crippen molar-refractivity contribution in [1.82, 2.24) is 10.6 Å². The van der Waals surface area contributed by atoms with Gasteiger partial charge in [0.25, 0.3) is 10.1 Å². The first-order chi connectivity index (χ1) is 15.5. The van der Waals surface area contributed by atoms with Crippen LogP contribution in [0.15, 0.2) is 30.3 Å². The van der Waals surface area contributed by atoms with Gasteiger partial charge >= 0.3 is 6.09 Å². The van der Waals surface area contributed by atoms with Gasteiger partial charge in [-0.1, -0.05) is 44.2 Å². The smallest absolute Gasteiger partial charge is 0.408 e. The van der Waals surface area contributed by atoms with Crippen molar-refractivity contribution in [3.63, 3.8) is 0 Å². The molecule has 1 aliphatic heterocycles. The van der Waals surface area contributed by atoms with Crippen LogP contribution in [0.25, 0.3) is 0 Å². The van der Waals surface area contributed by atoms with Crippen molar-refractivity contribution in [3.8, 4) is 0 Å². The zero-order valence-corrected chi connectivity index (χ0v) is 19.6. The highest BCUT2D eigenvalue weighted by Crippen LogP contribution is 2.27. The highest BCUT2D eigenvalue weighted by Gasteiger charge is 2.38. The number of rotatable bonds is 12. The Balaban J connectivity index is 2.08. The lowest BCUT2D eigenvalue weighted by atomic mass is 9.87. The minimum Gasteiger partial charge on any atom is -0.445 e. The van der Waals surface area contributed by atoms with E-state index in [0.29, 0.717) is 13.0 Å². The second kappa shape index (κ2) is 12.1. The maximum absolute atomic E-state index is 13.0. The maximum Gasteiger partial charge on any atom is 0.408 e. The molecule has 2 amide bonds. The summed E-state index contributed by atoms with van der Waals surface area (Å²) in [6.45, 7) is 4.13. The van der Waals surface area contributed by atoms with E-state index in [1.165, 1.54) is 0 Å². The molecule has 2 rings (SSSR count). The Labute approximate surface area is 193 Å². The molecule has 11 heteroatoms. The fourth-order valence-electron chi connectivity index (χ4n) is 3.83. The summed E-state index contributed by atoms with van der Waals surface area (Å²) in [4.78, 5) is 37.2. The molecule has 1 fully saturated rings. The van der Waals surface area contributed by atoms with Gasteiger partial charge in [0.1, 0.15) is 6.61 Å². The Bertz CT molecular complexity index is 920. The van der Waals surface area contributed by atoms with Gasteiger partial charge in [0.15, 0.2) is 11.2 Å². The number of benzene rings is 1. The number of aliphatic hydroxyl groups is 1. The Morgan fingerprint density at radius 3 is 2.45 bits per heavy atom. The van der Waals surface area contributed by atoms with Crippen LogP contribution in [0.3, 0.4) is 0 Å². The van der Waals surface area contributed by atoms with Crippen molar-refractivity contribution in [1.29, 1.82) is 0 Å². The molecule has 4 N–H and O–H groups in total.